The van der Waals surface area contributed by atoms with Crippen LogP contribution in [0.4, 0.5) is 4.79 Å². The van der Waals surface area contributed by atoms with Gasteiger partial charge in [-0.05, 0) is 51.7 Å². The number of rotatable bonds is 4. The molecule has 0 radical (unpaired) electrons. The number of nitrogens with one attached hydrogen (secondary N) is 1. The van der Waals surface area contributed by atoms with E-state index in [1.54, 1.807) is 4.90 Å². The van der Waals surface area contributed by atoms with Crippen molar-refractivity contribution in [3.8, 4) is 0 Å². The first kappa shape index (κ1) is 16.5. The normalized spacial score (nSPS) is 25.2. The number of sulfone groups is 1. The lowest BCUT2D eigenvalue weighted by Crippen LogP contribution is -2.40. The highest BCUT2D eigenvalue weighted by molar-refractivity contribution is 7.91. The zero-order valence-corrected chi connectivity index (χ0v) is 13.9. The fourth-order valence-electron chi connectivity index (χ4n) is 3.11. The van der Waals surface area contributed by atoms with Crippen molar-refractivity contribution in [1.29, 1.82) is 0 Å². The molecule has 122 valence electrons. The summed E-state index contributed by atoms with van der Waals surface area (Å²) in [4.78, 5) is 16.0. The zero-order valence-electron chi connectivity index (χ0n) is 13.0. The number of nitrogens with zero attached hydrogens (tertiary/aromatic N) is 2. The Labute approximate surface area is 127 Å². The Morgan fingerprint density at radius 3 is 2.43 bits per heavy atom. The zero-order chi connectivity index (χ0) is 15.5. The average Bonchev–Trinajstić information content (AvgIpc) is 2.90. The van der Waals surface area contributed by atoms with Gasteiger partial charge < -0.3 is 15.1 Å². The molecule has 0 aromatic carbocycles. The minimum atomic E-state index is -3.04. The van der Waals surface area contributed by atoms with E-state index in [-0.39, 0.29) is 6.03 Å². The number of likely N-dealkylation sites (tertiary alicyclic amines) is 2. The molecule has 2 heterocycles. The predicted molar refractivity (Wildman–Crippen MR) is 83.1 cm³/mol. The van der Waals surface area contributed by atoms with E-state index in [0.717, 1.165) is 19.5 Å². The molecule has 0 aliphatic carbocycles. The minimum Gasteiger partial charge on any atom is -0.338 e. The summed E-state index contributed by atoms with van der Waals surface area (Å²) in [7, 11) is -0.896. The van der Waals surface area contributed by atoms with Crippen LogP contribution in [0.25, 0.3) is 0 Å². The second-order valence-corrected chi connectivity index (χ2v) is 8.78. The Morgan fingerprint density at radius 2 is 1.86 bits per heavy atom. The Morgan fingerprint density at radius 1 is 1.19 bits per heavy atom. The first-order valence-electron chi connectivity index (χ1n) is 7.76. The van der Waals surface area contributed by atoms with Crippen molar-refractivity contribution in [3.63, 3.8) is 0 Å². The van der Waals surface area contributed by atoms with Crippen LogP contribution in [0.2, 0.25) is 0 Å². The van der Waals surface area contributed by atoms with Crippen molar-refractivity contribution in [3.05, 3.63) is 0 Å². The fraction of sp³-hybridized carbons (Fsp3) is 0.929. The van der Waals surface area contributed by atoms with Gasteiger partial charge in [0.1, 0.15) is 0 Å². The molecule has 0 spiro atoms. The molecule has 0 aromatic rings. The van der Waals surface area contributed by atoms with Gasteiger partial charge in [-0.25, -0.2) is 13.2 Å². The molecule has 0 bridgehead atoms. The van der Waals surface area contributed by atoms with E-state index < -0.39 is 15.1 Å². The van der Waals surface area contributed by atoms with Crippen LogP contribution in [-0.4, -0.2) is 75.5 Å². The highest BCUT2D eigenvalue weighted by Gasteiger charge is 2.32. The van der Waals surface area contributed by atoms with Gasteiger partial charge in [-0.1, -0.05) is 0 Å². The van der Waals surface area contributed by atoms with Crippen molar-refractivity contribution in [2.24, 2.45) is 5.92 Å². The average molecular weight is 317 g/mol. The predicted octanol–water partition coefficient (Wildman–Crippen LogP) is 0.547. The summed E-state index contributed by atoms with van der Waals surface area (Å²) in [5.74, 6) is 0.698. The number of urea groups is 1. The van der Waals surface area contributed by atoms with Gasteiger partial charge in [-0.3, -0.25) is 0 Å². The summed E-state index contributed by atoms with van der Waals surface area (Å²) < 4.78 is 23.0. The van der Waals surface area contributed by atoms with Crippen LogP contribution in [0.3, 0.4) is 0 Å². The molecule has 7 heteroatoms. The Balaban J connectivity index is 1.66. The molecule has 2 fully saturated rings. The number of hydrogen-bond donors (Lipinski definition) is 1. The van der Waals surface area contributed by atoms with Crippen molar-refractivity contribution < 1.29 is 13.2 Å². The third-order valence-electron chi connectivity index (χ3n) is 4.70. The number of amides is 2. The van der Waals surface area contributed by atoms with Gasteiger partial charge in [0.25, 0.3) is 0 Å². The van der Waals surface area contributed by atoms with E-state index >= 15 is 0 Å². The van der Waals surface area contributed by atoms with E-state index in [2.05, 4.69) is 17.3 Å². The van der Waals surface area contributed by atoms with E-state index in [0.29, 0.717) is 32.0 Å². The highest BCUT2D eigenvalue weighted by atomic mass is 32.2. The summed E-state index contributed by atoms with van der Waals surface area (Å²) >= 11 is 0. The van der Waals surface area contributed by atoms with Crippen LogP contribution in [-0.2, 0) is 9.84 Å². The smallest absolute Gasteiger partial charge is 0.317 e. The maximum absolute atomic E-state index is 12.0. The Bertz CT molecular complexity index is 458. The third kappa shape index (κ3) is 4.85. The molecule has 21 heavy (non-hydrogen) atoms. The SMILES string of the molecule is CN1CCC(CCNC(=O)N2CCC(S(C)(=O)=O)C2)CC1. The molecular formula is C14H27N3O3S. The van der Waals surface area contributed by atoms with Crippen LogP contribution in [0, 0.1) is 5.92 Å². The van der Waals surface area contributed by atoms with Crippen LogP contribution in [0.15, 0.2) is 0 Å². The van der Waals surface area contributed by atoms with Crippen molar-refractivity contribution in [2.45, 2.75) is 30.9 Å². The molecule has 6 nitrogen and oxygen atoms in total. The topological polar surface area (TPSA) is 69.7 Å². The van der Waals surface area contributed by atoms with Gasteiger partial charge in [-0.15, -0.1) is 0 Å². The maximum Gasteiger partial charge on any atom is 0.317 e. The van der Waals surface area contributed by atoms with Crippen LogP contribution >= 0.6 is 0 Å². The standard InChI is InChI=1S/C14H27N3O3S/c1-16-8-4-12(5-9-16)3-7-15-14(18)17-10-6-13(11-17)21(2,19)20/h12-13H,3-11H2,1-2H3,(H,15,18). The monoisotopic (exact) mass is 317 g/mol. The molecule has 2 aliphatic heterocycles. The lowest BCUT2D eigenvalue weighted by Gasteiger charge is -2.29. The summed E-state index contributed by atoms with van der Waals surface area (Å²) in [5, 5.41) is 2.54. The van der Waals surface area contributed by atoms with Crippen LogP contribution < -0.4 is 5.32 Å². The minimum absolute atomic E-state index is 0.117. The van der Waals surface area contributed by atoms with Gasteiger partial charge in [0.15, 0.2) is 9.84 Å². The molecule has 2 rings (SSSR count). The highest BCUT2D eigenvalue weighted by Crippen LogP contribution is 2.19. The number of piperidine rings is 1. The third-order valence-corrected chi connectivity index (χ3v) is 6.30. The first-order chi connectivity index (χ1) is 9.86. The second-order valence-electron chi connectivity index (χ2n) is 6.45. The van der Waals surface area contributed by atoms with Gasteiger partial charge in [0, 0.05) is 25.9 Å². The summed E-state index contributed by atoms with van der Waals surface area (Å²) in [5.41, 5.74) is 0. The molecule has 2 aliphatic rings. The molecule has 2 saturated heterocycles. The molecule has 0 aromatic heterocycles. The lowest BCUT2D eigenvalue weighted by atomic mass is 9.94. The van der Waals surface area contributed by atoms with Gasteiger partial charge in [0.05, 0.1) is 5.25 Å². The van der Waals surface area contributed by atoms with E-state index in [1.807, 2.05) is 0 Å². The Kier molecular flexibility index (Phi) is 5.48. The van der Waals surface area contributed by atoms with E-state index in [1.165, 1.54) is 19.1 Å². The van der Waals surface area contributed by atoms with Gasteiger partial charge >= 0.3 is 6.03 Å². The van der Waals surface area contributed by atoms with Crippen LogP contribution in [0.5, 0.6) is 0 Å². The second kappa shape index (κ2) is 6.96. The largest absolute Gasteiger partial charge is 0.338 e. The van der Waals surface area contributed by atoms with Gasteiger partial charge in [0.2, 0.25) is 0 Å². The van der Waals surface area contributed by atoms with Crippen LogP contribution in [0.1, 0.15) is 25.7 Å². The molecule has 2 amide bonds. The first-order valence-corrected chi connectivity index (χ1v) is 9.72. The molecule has 1 unspecified atom stereocenters. The number of carbonyl (C=O) groups excluding carboxylic acids is 1. The lowest BCUT2D eigenvalue weighted by molar-refractivity contribution is 0.199. The number of carbonyl (C=O) groups is 1. The van der Waals surface area contributed by atoms with Crippen molar-refractivity contribution in [2.75, 3.05) is 46.0 Å². The molecule has 0 saturated carbocycles. The summed E-state index contributed by atoms with van der Waals surface area (Å²) in [6.45, 7) is 3.84. The van der Waals surface area contributed by atoms with E-state index in [4.69, 9.17) is 0 Å². The van der Waals surface area contributed by atoms with Gasteiger partial charge in [-0.2, -0.15) is 0 Å². The number of hydrogen-bond acceptors (Lipinski definition) is 4. The quantitative estimate of drug-likeness (QED) is 0.822. The molecular weight excluding hydrogens is 290 g/mol. The summed E-state index contributed by atoms with van der Waals surface area (Å²) in [6, 6.07) is -0.117. The Hall–Kier alpha value is -0.820. The maximum atomic E-state index is 12.0. The van der Waals surface area contributed by atoms with Crippen molar-refractivity contribution >= 4 is 15.9 Å². The summed E-state index contributed by atoms with van der Waals surface area (Å²) in [6.07, 6.45) is 5.22. The molecule has 1 N–H and O–H groups in total. The van der Waals surface area contributed by atoms with Crippen molar-refractivity contribution in [1.82, 2.24) is 15.1 Å². The fourth-order valence-corrected chi connectivity index (χ4v) is 4.09. The van der Waals surface area contributed by atoms with E-state index in [9.17, 15) is 13.2 Å². The molecule has 1 atom stereocenters.